The van der Waals surface area contributed by atoms with Crippen LogP contribution in [0.4, 0.5) is 0 Å². The van der Waals surface area contributed by atoms with Crippen molar-refractivity contribution in [2.45, 2.75) is 0 Å². The standard InChI is InChI=1S/C5H4NS/c1-2-3-5(7)4-6/h1-3,7H/q-1/p-1/b5-3-. The molecule has 0 rings (SSSR count). The molecule has 0 aliphatic carbocycles. The second-order valence-electron chi connectivity index (χ2n) is 0.835. The Morgan fingerprint density at radius 1 is 1.86 bits per heavy atom. The van der Waals surface area contributed by atoms with Gasteiger partial charge in [0.05, 0.1) is 6.07 Å². The Morgan fingerprint density at radius 3 is 2.57 bits per heavy atom. The van der Waals surface area contributed by atoms with Crippen LogP contribution in [-0.4, -0.2) is 0 Å². The number of allylic oxidation sites excluding steroid dienone is 3. The van der Waals surface area contributed by atoms with Gasteiger partial charge in [-0.25, -0.2) is 12.2 Å². The third-order valence-corrected chi connectivity index (χ3v) is 0.585. The van der Waals surface area contributed by atoms with Gasteiger partial charge in [0.25, 0.3) is 0 Å². The van der Waals surface area contributed by atoms with Crippen LogP contribution in [0.1, 0.15) is 0 Å². The number of nitriles is 1. The summed E-state index contributed by atoms with van der Waals surface area (Å²) >= 11 is 4.43. The minimum absolute atomic E-state index is 0.211. The van der Waals surface area contributed by atoms with Crippen LogP contribution < -0.4 is 0 Å². The van der Waals surface area contributed by atoms with Gasteiger partial charge in [0.1, 0.15) is 0 Å². The maximum absolute atomic E-state index is 7.97. The summed E-state index contributed by atoms with van der Waals surface area (Å²) in [6, 6.07) is 1.73. The molecule has 0 saturated carbocycles. The third kappa shape index (κ3) is 3.01. The molecule has 0 fully saturated rings. The summed E-state index contributed by atoms with van der Waals surface area (Å²) in [5.41, 5.74) is 0. The second kappa shape index (κ2) is 3.38. The first-order valence-corrected chi connectivity index (χ1v) is 2.04. The molecule has 0 aliphatic heterocycles. The lowest BCUT2D eigenvalue weighted by atomic mass is 10.5. The Kier molecular flexibility index (Phi) is 2.99. The summed E-state index contributed by atoms with van der Waals surface area (Å²) < 4.78 is 0. The van der Waals surface area contributed by atoms with Crippen LogP contribution in [0.3, 0.4) is 0 Å². The van der Waals surface area contributed by atoms with Crippen LogP contribution in [-0.2, 0) is 12.6 Å². The Balaban J connectivity index is 3.80. The summed E-state index contributed by atoms with van der Waals surface area (Å²) in [7, 11) is 0. The predicted octanol–water partition coefficient (Wildman–Crippen LogP) is 0.930. The molecule has 0 bridgehead atoms. The molecule has 1 nitrogen and oxygen atoms in total. The molecule has 7 heavy (non-hydrogen) atoms. The Morgan fingerprint density at radius 2 is 2.43 bits per heavy atom. The third-order valence-electron chi connectivity index (χ3n) is 0.358. The van der Waals surface area contributed by atoms with Gasteiger partial charge in [0, 0.05) is 0 Å². The molecular formula is C5H3NS-2. The van der Waals surface area contributed by atoms with Crippen LogP contribution in [0.25, 0.3) is 0 Å². The first kappa shape index (κ1) is 6.19. The van der Waals surface area contributed by atoms with Crippen LogP contribution in [0.15, 0.2) is 17.1 Å². The summed E-state index contributed by atoms with van der Waals surface area (Å²) in [6.07, 6.45) is 2.61. The maximum Gasteiger partial charge on any atom is 0.0512 e. The summed E-state index contributed by atoms with van der Waals surface area (Å²) in [5, 5.41) is 7.97. The minimum atomic E-state index is 0.211. The van der Waals surface area contributed by atoms with Crippen molar-refractivity contribution in [3.63, 3.8) is 0 Å². The van der Waals surface area contributed by atoms with E-state index in [1.165, 1.54) is 12.2 Å². The van der Waals surface area contributed by atoms with Gasteiger partial charge >= 0.3 is 0 Å². The van der Waals surface area contributed by atoms with Gasteiger partial charge in [0.2, 0.25) is 0 Å². The lowest BCUT2D eigenvalue weighted by molar-refractivity contribution is 1.53. The Bertz CT molecular complexity index is 130. The average Bonchev–Trinajstić information content (AvgIpc) is 1.68. The van der Waals surface area contributed by atoms with Crippen molar-refractivity contribution in [3.8, 4) is 6.07 Å². The van der Waals surface area contributed by atoms with Crippen molar-refractivity contribution in [2.24, 2.45) is 0 Å². The highest BCUT2D eigenvalue weighted by atomic mass is 32.1. The predicted molar refractivity (Wildman–Crippen MR) is 29.9 cm³/mol. The molecule has 0 atom stereocenters. The maximum atomic E-state index is 7.97. The summed E-state index contributed by atoms with van der Waals surface area (Å²) in [4.78, 5) is 0.211. The minimum Gasteiger partial charge on any atom is -0.788 e. The molecule has 0 heterocycles. The SMILES string of the molecule is [CH-]=C/C=C(\[S-])C#N. The molecule has 0 amide bonds. The summed E-state index contributed by atoms with van der Waals surface area (Å²) in [6.45, 7) is 4.89. The fourth-order valence-corrected chi connectivity index (χ4v) is 0.203. The van der Waals surface area contributed by atoms with E-state index in [4.69, 9.17) is 11.8 Å². The molecular weight excluding hydrogens is 106 g/mol. The number of hydrogen-bond acceptors (Lipinski definition) is 2. The van der Waals surface area contributed by atoms with Gasteiger partial charge in [0.15, 0.2) is 0 Å². The van der Waals surface area contributed by atoms with E-state index in [1.54, 1.807) is 6.07 Å². The number of hydrogen-bond donors (Lipinski definition) is 0. The molecule has 0 unspecified atom stereocenters. The van der Waals surface area contributed by atoms with E-state index >= 15 is 0 Å². The zero-order chi connectivity index (χ0) is 5.70. The molecule has 0 saturated heterocycles. The Labute approximate surface area is 48.4 Å². The first-order chi connectivity index (χ1) is 3.31. The van der Waals surface area contributed by atoms with E-state index in [1.807, 2.05) is 0 Å². The van der Waals surface area contributed by atoms with Crippen LogP contribution >= 0.6 is 0 Å². The highest BCUT2D eigenvalue weighted by molar-refractivity contribution is 7.63. The number of nitrogens with zero attached hydrogens (tertiary/aromatic N) is 1. The van der Waals surface area contributed by atoms with E-state index in [0.717, 1.165) is 0 Å². The van der Waals surface area contributed by atoms with E-state index < -0.39 is 0 Å². The highest BCUT2D eigenvalue weighted by Crippen LogP contribution is 1.83. The average molecular weight is 109 g/mol. The highest BCUT2D eigenvalue weighted by Gasteiger charge is 1.52. The molecule has 2 heteroatoms. The van der Waals surface area contributed by atoms with Crippen LogP contribution in [0.5, 0.6) is 0 Å². The zero-order valence-electron chi connectivity index (χ0n) is 3.59. The lowest BCUT2D eigenvalue weighted by Crippen LogP contribution is -1.62. The van der Waals surface area contributed by atoms with E-state index in [9.17, 15) is 0 Å². The van der Waals surface area contributed by atoms with Crippen molar-refractivity contribution < 1.29 is 0 Å². The molecule has 0 radical (unpaired) electrons. The van der Waals surface area contributed by atoms with Gasteiger partial charge in [-0.3, -0.25) is 6.58 Å². The molecule has 0 aromatic rings. The molecule has 0 aromatic carbocycles. The van der Waals surface area contributed by atoms with Crippen molar-refractivity contribution in [1.82, 2.24) is 0 Å². The van der Waals surface area contributed by atoms with Crippen molar-refractivity contribution in [1.29, 1.82) is 5.26 Å². The number of rotatable bonds is 1. The van der Waals surface area contributed by atoms with Crippen molar-refractivity contribution in [3.05, 3.63) is 23.6 Å². The zero-order valence-corrected chi connectivity index (χ0v) is 4.40. The first-order valence-electron chi connectivity index (χ1n) is 1.63. The smallest absolute Gasteiger partial charge is 0.0512 e. The van der Waals surface area contributed by atoms with Gasteiger partial charge < -0.3 is 12.6 Å². The normalized spacial score (nSPS) is 9.86. The van der Waals surface area contributed by atoms with Gasteiger partial charge in [-0.1, -0.05) is 0 Å². The second-order valence-corrected chi connectivity index (χ2v) is 1.27. The van der Waals surface area contributed by atoms with E-state index in [0.29, 0.717) is 0 Å². The van der Waals surface area contributed by atoms with Gasteiger partial charge in [-0.15, -0.1) is 0 Å². The molecule has 0 N–H and O–H groups in total. The van der Waals surface area contributed by atoms with Crippen LogP contribution in [0, 0.1) is 17.9 Å². The molecule has 0 aromatic heterocycles. The Hall–Kier alpha value is -0.810. The molecule has 36 valence electrons. The van der Waals surface area contributed by atoms with Gasteiger partial charge in [-0.2, -0.15) is 10.2 Å². The van der Waals surface area contributed by atoms with Crippen LogP contribution in [0.2, 0.25) is 0 Å². The summed E-state index contributed by atoms with van der Waals surface area (Å²) in [5.74, 6) is 0. The monoisotopic (exact) mass is 109 g/mol. The van der Waals surface area contributed by atoms with Gasteiger partial charge in [-0.05, 0) is 0 Å². The van der Waals surface area contributed by atoms with E-state index in [-0.39, 0.29) is 4.91 Å². The van der Waals surface area contributed by atoms with Crippen molar-refractivity contribution in [2.75, 3.05) is 0 Å². The quantitative estimate of drug-likeness (QED) is 0.216. The topological polar surface area (TPSA) is 23.8 Å². The molecule has 0 aliphatic rings. The molecule has 0 spiro atoms. The lowest BCUT2D eigenvalue weighted by Gasteiger charge is -2.00. The fourth-order valence-electron chi connectivity index (χ4n) is 0.125. The van der Waals surface area contributed by atoms with Crippen molar-refractivity contribution >= 4 is 12.6 Å². The largest absolute Gasteiger partial charge is 0.788 e. The van der Waals surface area contributed by atoms with E-state index in [2.05, 4.69) is 12.6 Å². The fraction of sp³-hybridized carbons (Fsp3) is 0.